The van der Waals surface area contributed by atoms with Crippen LogP contribution < -0.4 is 25.6 Å². The summed E-state index contributed by atoms with van der Waals surface area (Å²) in [6.45, 7) is 0.448. The number of hydrogen-bond acceptors (Lipinski definition) is 6. The Morgan fingerprint density at radius 3 is 2.96 bits per heavy atom. The van der Waals surface area contributed by atoms with Crippen molar-refractivity contribution < 1.29 is 23.5 Å². The van der Waals surface area contributed by atoms with Crippen molar-refractivity contribution in [3.8, 4) is 11.5 Å². The molecule has 9 heteroatoms. The van der Waals surface area contributed by atoms with Crippen LogP contribution in [0.15, 0.2) is 18.2 Å². The van der Waals surface area contributed by atoms with Gasteiger partial charge in [-0.3, -0.25) is 15.0 Å². The van der Waals surface area contributed by atoms with Crippen LogP contribution >= 0.6 is 0 Å². The van der Waals surface area contributed by atoms with Gasteiger partial charge in [0, 0.05) is 36.7 Å². The van der Waals surface area contributed by atoms with E-state index in [0.717, 1.165) is 12.8 Å². The topological polar surface area (TPSA) is 91.9 Å². The van der Waals surface area contributed by atoms with E-state index in [4.69, 9.17) is 9.47 Å². The fraction of sp³-hybridized carbons (Fsp3) is 0.579. The second-order valence-electron chi connectivity index (χ2n) is 7.87. The first-order valence-electron chi connectivity index (χ1n) is 9.75. The molecule has 2 amide bonds. The van der Waals surface area contributed by atoms with E-state index >= 15 is 0 Å². The van der Waals surface area contributed by atoms with E-state index in [1.54, 1.807) is 23.1 Å². The third-order valence-corrected chi connectivity index (χ3v) is 6.16. The van der Waals surface area contributed by atoms with Gasteiger partial charge in [-0.1, -0.05) is 0 Å². The van der Waals surface area contributed by atoms with Crippen molar-refractivity contribution in [3.63, 3.8) is 0 Å². The number of hydrazine groups is 1. The highest BCUT2D eigenvalue weighted by Gasteiger charge is 2.49. The smallest absolute Gasteiger partial charge is 0.231 e. The third-order valence-electron chi connectivity index (χ3n) is 6.16. The Kier molecular flexibility index (Phi) is 4.36. The fourth-order valence-electron chi connectivity index (χ4n) is 4.73. The first-order chi connectivity index (χ1) is 13.6. The van der Waals surface area contributed by atoms with Crippen LogP contribution in [0.1, 0.15) is 25.7 Å². The van der Waals surface area contributed by atoms with Gasteiger partial charge in [-0.2, -0.15) is 0 Å². The molecular weight excluding hydrogens is 367 g/mol. The number of halogens is 1. The normalized spacial score (nSPS) is 33.8. The molecule has 5 unspecified atom stereocenters. The van der Waals surface area contributed by atoms with Crippen LogP contribution in [0, 0.1) is 11.8 Å². The number of nitrogens with one attached hydrogen (secondary N) is 3. The summed E-state index contributed by atoms with van der Waals surface area (Å²) < 4.78 is 25.1. The Balaban J connectivity index is 1.25. The van der Waals surface area contributed by atoms with Crippen LogP contribution in [0.4, 0.5) is 10.1 Å². The summed E-state index contributed by atoms with van der Waals surface area (Å²) in [5.41, 5.74) is 6.82. The average molecular weight is 390 g/mol. The zero-order chi connectivity index (χ0) is 19.3. The first-order valence-corrected chi connectivity index (χ1v) is 9.75. The van der Waals surface area contributed by atoms with Crippen molar-refractivity contribution >= 4 is 17.5 Å². The first kappa shape index (κ1) is 17.7. The summed E-state index contributed by atoms with van der Waals surface area (Å²) in [6.07, 6.45) is 1.04. The zero-order valence-electron chi connectivity index (χ0n) is 15.3. The molecule has 28 heavy (non-hydrogen) atoms. The van der Waals surface area contributed by atoms with Crippen molar-refractivity contribution in [3.05, 3.63) is 18.2 Å². The molecule has 4 aliphatic rings. The highest BCUT2D eigenvalue weighted by Crippen LogP contribution is 2.37. The molecule has 2 saturated heterocycles. The van der Waals surface area contributed by atoms with E-state index in [1.165, 1.54) is 0 Å². The average Bonchev–Trinajstić information content (AvgIpc) is 3.39. The third kappa shape index (κ3) is 2.98. The van der Waals surface area contributed by atoms with Crippen molar-refractivity contribution in [1.29, 1.82) is 0 Å². The number of ether oxygens (including phenoxy) is 2. The van der Waals surface area contributed by atoms with Crippen LogP contribution in [0.2, 0.25) is 0 Å². The minimum absolute atomic E-state index is 0.0306. The number of carbonyl (C=O) groups is 2. The standard InChI is InChI=1S/C19H23FN4O4/c20-12-2-1-3-13-17(12)18(23-22-13)24-8-10(6-16(24)25)19(26)21-11-4-5-14-15(7-11)28-9-27-14/h4-5,7,10,12-13,17-18,22-23H,1-3,6,8-9H2,(H,21,26). The molecule has 150 valence electrons. The van der Waals surface area contributed by atoms with Crippen LogP contribution in [-0.4, -0.2) is 48.4 Å². The lowest BCUT2D eigenvalue weighted by Crippen LogP contribution is -2.50. The van der Waals surface area contributed by atoms with Gasteiger partial charge in [0.1, 0.15) is 12.3 Å². The van der Waals surface area contributed by atoms with Gasteiger partial charge in [0.25, 0.3) is 0 Å². The largest absolute Gasteiger partial charge is 0.454 e. The summed E-state index contributed by atoms with van der Waals surface area (Å²) in [7, 11) is 0. The molecule has 5 atom stereocenters. The molecule has 3 fully saturated rings. The molecule has 8 nitrogen and oxygen atoms in total. The van der Waals surface area contributed by atoms with E-state index in [0.29, 0.717) is 23.6 Å². The zero-order valence-corrected chi connectivity index (χ0v) is 15.3. The number of anilines is 1. The van der Waals surface area contributed by atoms with Crippen LogP contribution in [0.25, 0.3) is 0 Å². The monoisotopic (exact) mass is 390 g/mol. The summed E-state index contributed by atoms with van der Waals surface area (Å²) in [4.78, 5) is 26.9. The minimum Gasteiger partial charge on any atom is -0.454 e. The molecule has 0 radical (unpaired) electrons. The molecular formula is C19H23FN4O4. The lowest BCUT2D eigenvalue weighted by atomic mass is 9.82. The number of nitrogens with zero attached hydrogens (tertiary/aromatic N) is 1. The molecule has 0 spiro atoms. The lowest BCUT2D eigenvalue weighted by Gasteiger charge is -2.34. The van der Waals surface area contributed by atoms with Crippen LogP contribution in [0.3, 0.4) is 0 Å². The van der Waals surface area contributed by atoms with E-state index in [1.807, 2.05) is 0 Å². The Labute approximate surface area is 161 Å². The van der Waals surface area contributed by atoms with Crippen molar-refractivity contribution in [1.82, 2.24) is 15.8 Å². The number of carbonyl (C=O) groups excluding carboxylic acids is 2. The van der Waals surface area contributed by atoms with Gasteiger partial charge in [0.2, 0.25) is 18.6 Å². The summed E-state index contributed by atoms with van der Waals surface area (Å²) in [5, 5.41) is 2.85. The molecule has 3 N–H and O–H groups in total. The molecule has 0 bridgehead atoms. The van der Waals surface area contributed by atoms with Crippen molar-refractivity contribution in [2.45, 2.75) is 44.1 Å². The van der Waals surface area contributed by atoms with Crippen LogP contribution in [0.5, 0.6) is 11.5 Å². The van der Waals surface area contributed by atoms with Crippen molar-refractivity contribution in [2.75, 3.05) is 18.7 Å². The van der Waals surface area contributed by atoms with E-state index in [2.05, 4.69) is 16.2 Å². The summed E-state index contributed by atoms with van der Waals surface area (Å²) in [6, 6.07) is 5.21. The Morgan fingerprint density at radius 2 is 2.07 bits per heavy atom. The quantitative estimate of drug-likeness (QED) is 0.717. The second-order valence-corrected chi connectivity index (χ2v) is 7.87. The molecule has 1 aromatic rings. The molecule has 0 aromatic heterocycles. The predicted molar refractivity (Wildman–Crippen MR) is 97.1 cm³/mol. The second kappa shape index (κ2) is 6.89. The Hall–Kier alpha value is -2.39. The molecule has 3 aliphatic heterocycles. The van der Waals surface area contributed by atoms with Crippen LogP contribution in [-0.2, 0) is 9.59 Å². The van der Waals surface area contributed by atoms with Gasteiger partial charge in [-0.25, -0.2) is 9.82 Å². The van der Waals surface area contributed by atoms with E-state index in [-0.39, 0.29) is 43.5 Å². The van der Waals surface area contributed by atoms with E-state index in [9.17, 15) is 14.0 Å². The maximum Gasteiger partial charge on any atom is 0.231 e. The predicted octanol–water partition coefficient (Wildman–Crippen LogP) is 1.14. The Morgan fingerprint density at radius 1 is 1.21 bits per heavy atom. The summed E-state index contributed by atoms with van der Waals surface area (Å²) in [5.74, 6) is 0.137. The molecule has 5 rings (SSSR count). The van der Waals surface area contributed by atoms with Crippen molar-refractivity contribution in [2.24, 2.45) is 11.8 Å². The van der Waals surface area contributed by atoms with Gasteiger partial charge in [0.15, 0.2) is 11.5 Å². The maximum atomic E-state index is 14.5. The molecule has 1 aromatic carbocycles. The van der Waals surface area contributed by atoms with Gasteiger partial charge in [-0.15, -0.1) is 0 Å². The summed E-state index contributed by atoms with van der Waals surface area (Å²) >= 11 is 0. The number of fused-ring (bicyclic) bond motifs is 2. The van der Waals surface area contributed by atoms with Gasteiger partial charge in [-0.05, 0) is 31.4 Å². The molecule has 1 aliphatic carbocycles. The number of amides is 2. The number of likely N-dealkylation sites (tertiary alicyclic amines) is 1. The van der Waals surface area contributed by atoms with Gasteiger partial charge in [0.05, 0.1) is 5.92 Å². The van der Waals surface area contributed by atoms with Gasteiger partial charge < -0.3 is 19.7 Å². The molecule has 1 saturated carbocycles. The number of alkyl halides is 1. The highest BCUT2D eigenvalue weighted by molar-refractivity contribution is 5.97. The number of hydrogen-bond donors (Lipinski definition) is 3. The maximum absolute atomic E-state index is 14.5. The Bertz CT molecular complexity index is 806. The lowest BCUT2D eigenvalue weighted by molar-refractivity contribution is -0.131. The molecule has 3 heterocycles. The number of benzene rings is 1. The van der Waals surface area contributed by atoms with Gasteiger partial charge >= 0.3 is 0 Å². The SMILES string of the molecule is O=C(Nc1ccc2c(c1)OCO2)C1CC(=O)N(C2NNC3CCCC(F)C32)C1. The number of rotatable bonds is 3. The van der Waals surface area contributed by atoms with E-state index < -0.39 is 18.3 Å². The fourth-order valence-corrected chi connectivity index (χ4v) is 4.73. The highest BCUT2D eigenvalue weighted by atomic mass is 19.1. The minimum atomic E-state index is -0.944.